The van der Waals surface area contributed by atoms with Crippen LogP contribution in [-0.4, -0.2) is 38.6 Å². The number of anilines is 2. The lowest BCUT2D eigenvalue weighted by molar-refractivity contribution is -0.116. The summed E-state index contributed by atoms with van der Waals surface area (Å²) in [6.45, 7) is 4.74. The number of carbonyl (C=O) groups excluding carboxylic acids is 2. The van der Waals surface area contributed by atoms with Crippen LogP contribution < -0.4 is 16.0 Å². The van der Waals surface area contributed by atoms with E-state index in [0.717, 1.165) is 6.42 Å². The van der Waals surface area contributed by atoms with Crippen molar-refractivity contribution in [2.45, 2.75) is 32.1 Å². The molecule has 0 saturated carbocycles. The topological polar surface area (TPSA) is 104 Å². The molecule has 0 spiro atoms. The molecule has 0 saturated heterocycles. The van der Waals surface area contributed by atoms with E-state index in [4.69, 9.17) is 11.6 Å². The smallest absolute Gasteiger partial charge is 0.251 e. The number of amides is 2. The summed E-state index contributed by atoms with van der Waals surface area (Å²) in [4.78, 5) is 24.8. The predicted octanol–water partition coefficient (Wildman–Crippen LogP) is 3.46. The number of nitrogens with one attached hydrogen (secondary N) is 3. The average Bonchev–Trinajstić information content (AvgIpc) is 2.69. The molecule has 0 unspecified atom stereocenters. The third kappa shape index (κ3) is 6.45. The van der Waals surface area contributed by atoms with Gasteiger partial charge < -0.3 is 16.0 Å². The molecule has 0 aromatic heterocycles. The minimum absolute atomic E-state index is 0.183. The van der Waals surface area contributed by atoms with Gasteiger partial charge in [0, 0.05) is 17.1 Å². The monoisotopic (exact) mass is 463 g/mol. The lowest BCUT2D eigenvalue weighted by Gasteiger charge is -2.27. The Kier molecular flexibility index (Phi) is 7.23. The van der Waals surface area contributed by atoms with Gasteiger partial charge in [-0.05, 0) is 48.2 Å². The van der Waals surface area contributed by atoms with Gasteiger partial charge in [0.25, 0.3) is 5.91 Å². The highest BCUT2D eigenvalue weighted by atomic mass is 35.5. The number of halogens is 1. The molecular formula is C22H26ClN3O4S. The van der Waals surface area contributed by atoms with Crippen molar-refractivity contribution in [1.82, 2.24) is 5.32 Å². The molecule has 31 heavy (non-hydrogen) atoms. The molecule has 9 heteroatoms. The largest absolute Gasteiger partial charge is 0.371 e. The molecular weight excluding hydrogens is 438 g/mol. The van der Waals surface area contributed by atoms with Crippen LogP contribution in [0.1, 0.15) is 36.2 Å². The van der Waals surface area contributed by atoms with Crippen molar-refractivity contribution < 1.29 is 18.0 Å². The van der Waals surface area contributed by atoms with Crippen LogP contribution in [0.15, 0.2) is 42.5 Å². The van der Waals surface area contributed by atoms with Gasteiger partial charge in [0.05, 0.1) is 22.9 Å². The maximum Gasteiger partial charge on any atom is 0.251 e. The van der Waals surface area contributed by atoms with E-state index in [2.05, 4.69) is 29.8 Å². The second kappa shape index (κ2) is 9.70. The summed E-state index contributed by atoms with van der Waals surface area (Å²) in [5.74, 6) is -0.716. The molecule has 7 nitrogen and oxygen atoms in total. The van der Waals surface area contributed by atoms with Gasteiger partial charge in [-0.15, -0.1) is 0 Å². The number of hydrogen-bond acceptors (Lipinski definition) is 5. The van der Waals surface area contributed by atoms with Crippen molar-refractivity contribution in [3.63, 3.8) is 0 Å². The van der Waals surface area contributed by atoms with Crippen LogP contribution in [0.25, 0.3) is 0 Å². The fourth-order valence-electron chi connectivity index (χ4n) is 3.23. The predicted molar refractivity (Wildman–Crippen MR) is 123 cm³/mol. The number of sulfone groups is 1. The van der Waals surface area contributed by atoms with Gasteiger partial charge in [0.2, 0.25) is 5.91 Å². The molecule has 3 N–H and O–H groups in total. The zero-order valence-electron chi connectivity index (χ0n) is 17.4. The highest BCUT2D eigenvalue weighted by Crippen LogP contribution is 2.28. The zero-order chi connectivity index (χ0) is 22.6. The molecule has 2 amide bonds. The van der Waals surface area contributed by atoms with Gasteiger partial charge in [0.15, 0.2) is 9.84 Å². The van der Waals surface area contributed by atoms with Crippen LogP contribution in [0.4, 0.5) is 11.4 Å². The number of fused-ring (bicyclic) bond motifs is 1. The summed E-state index contributed by atoms with van der Waals surface area (Å²) in [6, 6.07) is 10.5. The first-order chi connectivity index (χ1) is 14.6. The summed E-state index contributed by atoms with van der Waals surface area (Å²) in [5.41, 5.74) is 2.06. The quantitative estimate of drug-likeness (QED) is 0.556. The Bertz CT molecular complexity index is 1070. The van der Waals surface area contributed by atoms with Crippen molar-refractivity contribution in [1.29, 1.82) is 0 Å². The fraction of sp³-hybridized carbons (Fsp3) is 0.364. The number of carbonyl (C=O) groups is 2. The first-order valence-electron chi connectivity index (χ1n) is 10.1. The number of hydrogen-bond donors (Lipinski definition) is 3. The summed E-state index contributed by atoms with van der Waals surface area (Å²) in [6.07, 6.45) is 0.876. The van der Waals surface area contributed by atoms with Crippen molar-refractivity contribution in [2.24, 2.45) is 5.92 Å². The summed E-state index contributed by atoms with van der Waals surface area (Å²) in [5, 5.41) is 9.07. The van der Waals surface area contributed by atoms with E-state index in [1.807, 2.05) is 0 Å². The van der Waals surface area contributed by atoms with Gasteiger partial charge in [-0.1, -0.05) is 37.6 Å². The Morgan fingerprint density at radius 3 is 2.52 bits per heavy atom. The van der Waals surface area contributed by atoms with Gasteiger partial charge in [-0.25, -0.2) is 8.42 Å². The van der Waals surface area contributed by atoms with Crippen molar-refractivity contribution in [3.05, 3.63) is 58.6 Å². The maximum atomic E-state index is 12.6. The third-order valence-electron chi connectivity index (χ3n) is 4.91. The molecule has 0 fully saturated rings. The molecule has 1 heterocycles. The van der Waals surface area contributed by atoms with Crippen molar-refractivity contribution in [3.8, 4) is 0 Å². The lowest BCUT2D eigenvalue weighted by atomic mass is 10.1. The van der Waals surface area contributed by atoms with E-state index in [1.165, 1.54) is 0 Å². The highest BCUT2D eigenvalue weighted by molar-refractivity contribution is 7.90. The van der Waals surface area contributed by atoms with Crippen LogP contribution >= 0.6 is 11.6 Å². The molecule has 0 radical (unpaired) electrons. The molecule has 0 bridgehead atoms. The first-order valence-corrected chi connectivity index (χ1v) is 12.3. The van der Waals surface area contributed by atoms with E-state index in [1.54, 1.807) is 42.5 Å². The van der Waals surface area contributed by atoms with Crippen LogP contribution in [0.5, 0.6) is 0 Å². The number of benzene rings is 2. The van der Waals surface area contributed by atoms with Gasteiger partial charge >= 0.3 is 0 Å². The van der Waals surface area contributed by atoms with E-state index < -0.39 is 21.8 Å². The summed E-state index contributed by atoms with van der Waals surface area (Å²) in [7, 11) is -3.55. The molecule has 2 aromatic carbocycles. The Hall–Kier alpha value is -2.58. The van der Waals surface area contributed by atoms with Crippen molar-refractivity contribution in [2.75, 3.05) is 22.9 Å². The summed E-state index contributed by atoms with van der Waals surface area (Å²) < 4.78 is 25.2. The minimum atomic E-state index is -3.55. The summed E-state index contributed by atoms with van der Waals surface area (Å²) >= 11 is 5.84. The molecule has 1 aliphatic heterocycles. The first kappa shape index (κ1) is 23.1. The van der Waals surface area contributed by atoms with E-state index in [0.29, 0.717) is 40.0 Å². The van der Waals surface area contributed by atoms with E-state index >= 15 is 0 Å². The average molecular weight is 464 g/mol. The van der Waals surface area contributed by atoms with E-state index in [9.17, 15) is 18.0 Å². The molecule has 3 rings (SSSR count). The van der Waals surface area contributed by atoms with E-state index in [-0.39, 0.29) is 17.4 Å². The van der Waals surface area contributed by atoms with Crippen molar-refractivity contribution >= 4 is 44.6 Å². The van der Waals surface area contributed by atoms with Crippen LogP contribution in [0.3, 0.4) is 0 Å². The zero-order valence-corrected chi connectivity index (χ0v) is 19.0. The van der Waals surface area contributed by atoms with Crippen LogP contribution in [-0.2, 0) is 20.4 Å². The normalized spacial score (nSPS) is 15.7. The Morgan fingerprint density at radius 1 is 1.13 bits per heavy atom. The molecule has 0 aliphatic carbocycles. The molecule has 1 aliphatic rings. The molecule has 1 atom stereocenters. The molecule has 166 valence electrons. The Morgan fingerprint density at radius 2 is 1.84 bits per heavy atom. The maximum absolute atomic E-state index is 12.6. The second-order valence-electron chi connectivity index (χ2n) is 8.07. The SMILES string of the molecule is CC(C)CCNC(=O)c1ccc2c(c1)NC(=O)[C@@H](CS(=O)(=O)Cc1ccc(Cl)cc1)N2. The minimum Gasteiger partial charge on any atom is -0.371 e. The van der Waals surface area contributed by atoms with Gasteiger partial charge in [-0.3, -0.25) is 9.59 Å². The Balaban J connectivity index is 1.65. The third-order valence-corrected chi connectivity index (χ3v) is 6.78. The van der Waals surface area contributed by atoms with Gasteiger partial charge in [0.1, 0.15) is 6.04 Å². The van der Waals surface area contributed by atoms with Crippen LogP contribution in [0, 0.1) is 5.92 Å². The van der Waals surface area contributed by atoms with Gasteiger partial charge in [-0.2, -0.15) is 0 Å². The molecule has 2 aromatic rings. The van der Waals surface area contributed by atoms with Crippen LogP contribution in [0.2, 0.25) is 5.02 Å². The standard InChI is InChI=1S/C22H26ClN3O4S/c1-14(2)9-10-24-21(27)16-5-8-18-19(11-16)26-22(28)20(25-18)13-31(29,30)12-15-3-6-17(23)7-4-15/h3-8,11,14,20,25H,9-10,12-13H2,1-2H3,(H,24,27)(H,26,28)/t20-/m1/s1. The number of rotatable bonds is 8. The lowest BCUT2D eigenvalue weighted by Crippen LogP contribution is -2.43. The Labute approximate surface area is 187 Å². The fourth-order valence-corrected chi connectivity index (χ4v) is 4.92. The highest BCUT2D eigenvalue weighted by Gasteiger charge is 2.30. The second-order valence-corrected chi connectivity index (χ2v) is 10.6.